The van der Waals surface area contributed by atoms with Crippen LogP contribution >= 0.6 is 0 Å². The maximum atomic E-state index is 14.0. The number of hydrogen-bond donors (Lipinski definition) is 2. The molecular weight excluding hydrogens is 378 g/mol. The van der Waals surface area contributed by atoms with E-state index in [1.54, 1.807) is 6.20 Å². The third-order valence-corrected chi connectivity index (χ3v) is 6.28. The van der Waals surface area contributed by atoms with Crippen molar-refractivity contribution in [2.24, 2.45) is 5.73 Å². The molecule has 0 amide bonds. The number of hydrogen-bond acceptors (Lipinski definition) is 6. The molecule has 4 atom stereocenters. The van der Waals surface area contributed by atoms with Crippen molar-refractivity contribution in [1.29, 1.82) is 0 Å². The van der Waals surface area contributed by atoms with Gasteiger partial charge >= 0.3 is 0 Å². The van der Waals surface area contributed by atoms with Gasteiger partial charge in [0.1, 0.15) is 17.7 Å². The van der Waals surface area contributed by atoms with Gasteiger partial charge in [0, 0.05) is 36.9 Å². The lowest BCUT2D eigenvalue weighted by Crippen LogP contribution is -2.50. The van der Waals surface area contributed by atoms with E-state index in [1.165, 1.54) is 0 Å². The average molecular weight is 400 g/mol. The zero-order chi connectivity index (χ0) is 19.3. The van der Waals surface area contributed by atoms with Crippen LogP contribution in [0, 0.1) is 11.6 Å². The van der Waals surface area contributed by atoms with Crippen molar-refractivity contribution in [2.45, 2.75) is 30.7 Å². The Morgan fingerprint density at radius 2 is 2.11 bits per heavy atom. The fourth-order valence-electron chi connectivity index (χ4n) is 3.98. The Bertz CT molecular complexity index is 879. The molecule has 0 spiro atoms. The van der Waals surface area contributed by atoms with Gasteiger partial charge in [0.25, 0.3) is 0 Å². The van der Waals surface area contributed by atoms with E-state index in [-0.39, 0.29) is 17.6 Å². The van der Waals surface area contributed by atoms with E-state index in [0.29, 0.717) is 26.1 Å². The molecule has 0 saturated carbocycles. The van der Waals surface area contributed by atoms with Crippen molar-refractivity contribution in [1.82, 2.24) is 14.7 Å². The smallest absolute Gasteiger partial charge is 0.245 e. The summed E-state index contributed by atoms with van der Waals surface area (Å²) in [4.78, 5) is 2.18. The van der Waals surface area contributed by atoms with Crippen LogP contribution in [0.2, 0.25) is 0 Å². The first-order chi connectivity index (χ1) is 12.7. The summed E-state index contributed by atoms with van der Waals surface area (Å²) < 4.78 is 57.7. The quantitative estimate of drug-likeness (QED) is 0.767. The van der Waals surface area contributed by atoms with Gasteiger partial charge in [0.15, 0.2) is 0 Å². The third-order valence-electron chi connectivity index (χ3n) is 5.36. The Morgan fingerprint density at radius 3 is 2.78 bits per heavy atom. The number of nitrogens with two attached hydrogens (primary N) is 1. The van der Waals surface area contributed by atoms with Gasteiger partial charge in [-0.15, -0.1) is 0 Å². The van der Waals surface area contributed by atoms with Gasteiger partial charge in [-0.3, -0.25) is 4.90 Å². The number of nitrogens with zero attached hydrogens (tertiary/aromatic N) is 2. The number of nitrogens with one attached hydrogen (secondary N) is 1. The highest BCUT2D eigenvalue weighted by atomic mass is 32.2. The molecule has 27 heavy (non-hydrogen) atoms. The first kappa shape index (κ1) is 18.8. The lowest BCUT2D eigenvalue weighted by Gasteiger charge is -2.39. The summed E-state index contributed by atoms with van der Waals surface area (Å²) in [6.07, 6.45) is 2.66. The molecular formula is C17H22F2N4O3S. The van der Waals surface area contributed by atoms with Gasteiger partial charge in [-0.2, -0.15) is 0 Å². The molecule has 0 bridgehead atoms. The van der Waals surface area contributed by atoms with Gasteiger partial charge in [0.2, 0.25) is 10.0 Å². The zero-order valence-electron chi connectivity index (χ0n) is 14.8. The van der Waals surface area contributed by atoms with Gasteiger partial charge in [-0.05, 0) is 30.2 Å². The minimum atomic E-state index is -3.32. The van der Waals surface area contributed by atoms with Crippen molar-refractivity contribution in [3.05, 3.63) is 47.2 Å². The summed E-state index contributed by atoms with van der Waals surface area (Å²) in [5, 5.41) is 0. The molecule has 3 N–H and O–H groups in total. The van der Waals surface area contributed by atoms with Crippen LogP contribution < -0.4 is 11.2 Å². The molecule has 2 saturated heterocycles. The van der Waals surface area contributed by atoms with E-state index >= 15 is 0 Å². The highest BCUT2D eigenvalue weighted by molar-refractivity contribution is 7.88. The maximum absolute atomic E-state index is 14.0. The average Bonchev–Trinajstić information content (AvgIpc) is 3.16. The van der Waals surface area contributed by atoms with Gasteiger partial charge in [0.05, 0.1) is 18.9 Å². The Morgan fingerprint density at radius 1 is 1.33 bits per heavy atom. The van der Waals surface area contributed by atoms with E-state index < -0.39 is 33.8 Å². The molecule has 0 aliphatic carbocycles. The second kappa shape index (κ2) is 6.78. The van der Waals surface area contributed by atoms with Crippen molar-refractivity contribution >= 4 is 10.0 Å². The number of benzene rings is 1. The lowest BCUT2D eigenvalue weighted by molar-refractivity contribution is -0.0472. The molecule has 4 rings (SSSR count). The number of halogens is 2. The Balaban J connectivity index is 1.42. The minimum Gasteiger partial charge on any atom is -0.370 e. The lowest BCUT2D eigenvalue weighted by atomic mass is 9.93. The van der Waals surface area contributed by atoms with Gasteiger partial charge < -0.3 is 10.5 Å². The number of rotatable bonds is 3. The number of sulfonamides is 1. The molecule has 0 aromatic heterocycles. The van der Waals surface area contributed by atoms with E-state index in [1.807, 2.05) is 0 Å². The van der Waals surface area contributed by atoms with E-state index in [2.05, 4.69) is 10.3 Å². The largest absolute Gasteiger partial charge is 0.370 e. The Hall–Kier alpha value is -1.59. The fraction of sp³-hybridized carbons (Fsp3) is 0.529. The summed E-state index contributed by atoms with van der Waals surface area (Å²) in [6.45, 7) is 1.60. The van der Waals surface area contributed by atoms with Crippen LogP contribution in [0.4, 0.5) is 8.78 Å². The van der Waals surface area contributed by atoms with E-state index in [9.17, 15) is 17.2 Å². The van der Waals surface area contributed by atoms with Crippen LogP contribution in [0.3, 0.4) is 0 Å². The standard InChI is InChI=1S/C17H22F2N4O3S/c1-27(24,25)23-7-10-6-22(8-16(10)21-23)12-5-15(20)17(26-9-12)13-4-11(18)2-3-14(13)19/h2-4,7,12,15-17,21H,5-6,8-9,20H2,1H3/t12-,15+,16?,17-/m1/s1. The second-order valence-electron chi connectivity index (χ2n) is 7.35. The number of hydrazine groups is 1. The number of ether oxygens (including phenoxy) is 1. The molecule has 1 aromatic carbocycles. The predicted molar refractivity (Wildman–Crippen MR) is 94.7 cm³/mol. The second-order valence-corrected chi connectivity index (χ2v) is 9.21. The first-order valence-electron chi connectivity index (χ1n) is 8.74. The molecule has 3 aliphatic rings. The summed E-state index contributed by atoms with van der Waals surface area (Å²) >= 11 is 0. The maximum Gasteiger partial charge on any atom is 0.245 e. The molecule has 1 unspecified atom stereocenters. The van der Waals surface area contributed by atoms with Crippen LogP contribution in [0.25, 0.3) is 0 Å². The van der Waals surface area contributed by atoms with Crippen molar-refractivity contribution in [3.63, 3.8) is 0 Å². The minimum absolute atomic E-state index is 0.0351. The molecule has 3 aliphatic heterocycles. The SMILES string of the molecule is CS(=O)(=O)N1C=C2CN([C@H]3CO[C@H](c4cc(F)ccc4F)[C@@H](N)C3)CC2N1. The molecule has 1 aromatic rings. The summed E-state index contributed by atoms with van der Waals surface area (Å²) in [5.41, 5.74) is 10.3. The number of likely N-dealkylation sites (tertiary alicyclic amines) is 1. The fourth-order valence-corrected chi connectivity index (χ4v) is 4.62. The Labute approximate surface area is 156 Å². The van der Waals surface area contributed by atoms with Crippen LogP contribution in [0.5, 0.6) is 0 Å². The van der Waals surface area contributed by atoms with Crippen molar-refractivity contribution in [3.8, 4) is 0 Å². The third kappa shape index (κ3) is 3.59. The van der Waals surface area contributed by atoms with Crippen LogP contribution in [0.1, 0.15) is 18.1 Å². The van der Waals surface area contributed by atoms with Crippen molar-refractivity contribution in [2.75, 3.05) is 26.0 Å². The van der Waals surface area contributed by atoms with Crippen LogP contribution in [-0.4, -0.2) is 61.8 Å². The Kier molecular flexibility index (Phi) is 4.71. The monoisotopic (exact) mass is 400 g/mol. The summed E-state index contributed by atoms with van der Waals surface area (Å²) in [5.74, 6) is -1.05. The highest BCUT2D eigenvalue weighted by Crippen LogP contribution is 2.33. The normalized spacial score (nSPS) is 31.9. The van der Waals surface area contributed by atoms with Gasteiger partial charge in [-0.25, -0.2) is 27.0 Å². The predicted octanol–water partition coefficient (Wildman–Crippen LogP) is 0.470. The first-order valence-corrected chi connectivity index (χ1v) is 10.6. The zero-order valence-corrected chi connectivity index (χ0v) is 15.6. The number of fused-ring (bicyclic) bond motifs is 1. The topological polar surface area (TPSA) is 87.9 Å². The van der Waals surface area contributed by atoms with Crippen LogP contribution in [-0.2, 0) is 14.8 Å². The molecule has 10 heteroatoms. The summed E-state index contributed by atoms with van der Waals surface area (Å²) in [7, 11) is -3.32. The molecule has 7 nitrogen and oxygen atoms in total. The van der Waals surface area contributed by atoms with E-state index in [4.69, 9.17) is 10.5 Å². The van der Waals surface area contributed by atoms with E-state index in [0.717, 1.165) is 34.4 Å². The molecule has 0 radical (unpaired) electrons. The summed E-state index contributed by atoms with van der Waals surface area (Å²) in [6, 6.07) is 2.80. The van der Waals surface area contributed by atoms with Gasteiger partial charge in [-0.1, -0.05) is 0 Å². The molecule has 148 valence electrons. The molecule has 3 heterocycles. The van der Waals surface area contributed by atoms with Crippen molar-refractivity contribution < 1.29 is 21.9 Å². The highest BCUT2D eigenvalue weighted by Gasteiger charge is 2.41. The van der Waals surface area contributed by atoms with Crippen LogP contribution in [0.15, 0.2) is 30.0 Å². The molecule has 2 fully saturated rings.